The molecule has 1 aliphatic heterocycles. The molecule has 0 aliphatic carbocycles. The molecule has 4 nitrogen and oxygen atoms in total. The molecule has 1 rings (SSSR count). The minimum Gasteiger partial charge on any atom is -0.382 e. The molecule has 1 N–H and O–H groups in total. The normalized spacial score (nSPS) is 25.1. The van der Waals surface area contributed by atoms with Crippen LogP contribution in [0.5, 0.6) is 0 Å². The Balaban J connectivity index is 1.98. The van der Waals surface area contributed by atoms with Gasteiger partial charge >= 0.3 is 0 Å². The zero-order valence-corrected chi connectivity index (χ0v) is 11.2. The fourth-order valence-electron chi connectivity index (χ4n) is 2.17. The second-order valence-electron chi connectivity index (χ2n) is 4.56. The van der Waals surface area contributed by atoms with Crippen molar-refractivity contribution in [3.63, 3.8) is 0 Å². The van der Waals surface area contributed by atoms with Gasteiger partial charge in [0.1, 0.15) is 0 Å². The summed E-state index contributed by atoms with van der Waals surface area (Å²) in [5.41, 5.74) is 0. The van der Waals surface area contributed by atoms with E-state index < -0.39 is 0 Å². The fraction of sp³-hybridized carbons (Fsp3) is 1.00. The van der Waals surface area contributed by atoms with E-state index in [1.54, 1.807) is 7.11 Å². The van der Waals surface area contributed by atoms with E-state index in [0.29, 0.717) is 25.4 Å². The van der Waals surface area contributed by atoms with Gasteiger partial charge < -0.3 is 19.5 Å². The molecule has 4 heteroatoms. The van der Waals surface area contributed by atoms with Gasteiger partial charge in [-0.1, -0.05) is 13.3 Å². The summed E-state index contributed by atoms with van der Waals surface area (Å²) < 4.78 is 16.1. The van der Waals surface area contributed by atoms with Gasteiger partial charge in [0, 0.05) is 26.3 Å². The van der Waals surface area contributed by atoms with Gasteiger partial charge in [0.15, 0.2) is 0 Å². The summed E-state index contributed by atoms with van der Waals surface area (Å²) >= 11 is 0. The van der Waals surface area contributed by atoms with Crippen LogP contribution in [-0.2, 0) is 14.2 Å². The SMILES string of the molecule is CCCC1CC(NCCOCCOC)CCO1. The highest BCUT2D eigenvalue weighted by Crippen LogP contribution is 2.17. The highest BCUT2D eigenvalue weighted by molar-refractivity contribution is 4.76. The summed E-state index contributed by atoms with van der Waals surface area (Å²) in [6, 6.07) is 0.603. The van der Waals surface area contributed by atoms with Crippen LogP contribution >= 0.6 is 0 Å². The lowest BCUT2D eigenvalue weighted by atomic mass is 10.0. The van der Waals surface area contributed by atoms with Gasteiger partial charge in [0.2, 0.25) is 0 Å². The lowest BCUT2D eigenvalue weighted by molar-refractivity contribution is -0.00488. The van der Waals surface area contributed by atoms with E-state index in [2.05, 4.69) is 12.2 Å². The number of nitrogens with one attached hydrogen (secondary N) is 1. The van der Waals surface area contributed by atoms with Crippen molar-refractivity contribution in [3.05, 3.63) is 0 Å². The minimum absolute atomic E-state index is 0.459. The van der Waals surface area contributed by atoms with Gasteiger partial charge in [-0.15, -0.1) is 0 Å². The van der Waals surface area contributed by atoms with Crippen molar-refractivity contribution in [1.82, 2.24) is 5.32 Å². The van der Waals surface area contributed by atoms with Crippen LogP contribution in [0.2, 0.25) is 0 Å². The first-order valence-electron chi connectivity index (χ1n) is 6.78. The molecule has 2 atom stereocenters. The van der Waals surface area contributed by atoms with E-state index in [9.17, 15) is 0 Å². The summed E-state index contributed by atoms with van der Waals surface area (Å²) in [5, 5.41) is 3.54. The van der Waals surface area contributed by atoms with Crippen molar-refractivity contribution >= 4 is 0 Å². The smallest absolute Gasteiger partial charge is 0.0700 e. The highest BCUT2D eigenvalue weighted by Gasteiger charge is 2.20. The van der Waals surface area contributed by atoms with Crippen LogP contribution in [0.1, 0.15) is 32.6 Å². The molecule has 0 radical (unpaired) electrons. The zero-order chi connectivity index (χ0) is 12.3. The van der Waals surface area contributed by atoms with E-state index >= 15 is 0 Å². The number of rotatable bonds is 9. The van der Waals surface area contributed by atoms with E-state index in [1.165, 1.54) is 12.8 Å². The second-order valence-corrected chi connectivity index (χ2v) is 4.56. The molecule has 0 spiro atoms. The lowest BCUT2D eigenvalue weighted by Gasteiger charge is -2.30. The molecule has 1 fully saturated rings. The van der Waals surface area contributed by atoms with E-state index in [1.807, 2.05) is 0 Å². The molecule has 0 aromatic rings. The monoisotopic (exact) mass is 245 g/mol. The van der Waals surface area contributed by atoms with Crippen LogP contribution in [0.15, 0.2) is 0 Å². The molecule has 2 unspecified atom stereocenters. The minimum atomic E-state index is 0.459. The Kier molecular flexibility index (Phi) is 8.61. The van der Waals surface area contributed by atoms with Crippen molar-refractivity contribution in [1.29, 1.82) is 0 Å². The molecule has 102 valence electrons. The maximum Gasteiger partial charge on any atom is 0.0700 e. The molecule has 17 heavy (non-hydrogen) atoms. The summed E-state index contributed by atoms with van der Waals surface area (Å²) in [6.45, 7) is 6.16. The first-order valence-corrected chi connectivity index (χ1v) is 6.78. The third-order valence-electron chi connectivity index (χ3n) is 3.09. The third-order valence-corrected chi connectivity index (χ3v) is 3.09. The standard InChI is InChI=1S/C13H27NO3/c1-3-4-13-11-12(5-7-17-13)14-6-8-16-10-9-15-2/h12-14H,3-11H2,1-2H3. The molecular formula is C13H27NO3. The third kappa shape index (κ3) is 6.99. The maximum atomic E-state index is 5.72. The van der Waals surface area contributed by atoms with E-state index in [-0.39, 0.29) is 0 Å². The first-order chi connectivity index (χ1) is 8.36. The van der Waals surface area contributed by atoms with Crippen LogP contribution in [0.4, 0.5) is 0 Å². The van der Waals surface area contributed by atoms with Crippen LogP contribution in [-0.4, -0.2) is 52.2 Å². The van der Waals surface area contributed by atoms with E-state index in [4.69, 9.17) is 14.2 Å². The average Bonchev–Trinajstić information content (AvgIpc) is 2.35. The maximum absolute atomic E-state index is 5.72. The van der Waals surface area contributed by atoms with Gasteiger partial charge in [-0.25, -0.2) is 0 Å². The van der Waals surface area contributed by atoms with Crippen molar-refractivity contribution in [2.75, 3.05) is 40.1 Å². The van der Waals surface area contributed by atoms with Crippen LogP contribution in [0.25, 0.3) is 0 Å². The Bertz CT molecular complexity index is 176. The number of hydrogen-bond acceptors (Lipinski definition) is 4. The van der Waals surface area contributed by atoms with Crippen LogP contribution in [0.3, 0.4) is 0 Å². The van der Waals surface area contributed by atoms with Crippen molar-refractivity contribution < 1.29 is 14.2 Å². The summed E-state index contributed by atoms with van der Waals surface area (Å²) in [4.78, 5) is 0. The molecule has 0 aromatic heterocycles. The van der Waals surface area contributed by atoms with Gasteiger partial charge in [0.05, 0.1) is 25.9 Å². The Hall–Kier alpha value is -0.160. The predicted molar refractivity (Wildman–Crippen MR) is 68.4 cm³/mol. The van der Waals surface area contributed by atoms with Gasteiger partial charge in [-0.3, -0.25) is 0 Å². The molecule has 1 aliphatic rings. The second kappa shape index (κ2) is 9.83. The first kappa shape index (κ1) is 14.9. The predicted octanol–water partition coefficient (Wildman–Crippen LogP) is 1.59. The molecule has 1 saturated heterocycles. The number of hydrogen-bond donors (Lipinski definition) is 1. The molecule has 0 saturated carbocycles. The molecule has 0 aromatic carbocycles. The average molecular weight is 245 g/mol. The Morgan fingerprint density at radius 1 is 1.29 bits per heavy atom. The number of methoxy groups -OCH3 is 1. The van der Waals surface area contributed by atoms with Crippen molar-refractivity contribution in [3.8, 4) is 0 Å². The van der Waals surface area contributed by atoms with Gasteiger partial charge in [-0.2, -0.15) is 0 Å². The molecule has 1 heterocycles. The summed E-state index contributed by atoms with van der Waals surface area (Å²) in [5.74, 6) is 0. The topological polar surface area (TPSA) is 39.7 Å². The molecule has 0 amide bonds. The summed E-state index contributed by atoms with van der Waals surface area (Å²) in [6.07, 6.45) is 5.12. The Labute approximate surface area is 105 Å². The fourth-order valence-corrected chi connectivity index (χ4v) is 2.17. The quantitative estimate of drug-likeness (QED) is 0.626. The van der Waals surface area contributed by atoms with Gasteiger partial charge in [-0.05, 0) is 19.3 Å². The van der Waals surface area contributed by atoms with Gasteiger partial charge in [0.25, 0.3) is 0 Å². The van der Waals surface area contributed by atoms with Crippen LogP contribution < -0.4 is 5.32 Å². The number of ether oxygens (including phenoxy) is 3. The summed E-state index contributed by atoms with van der Waals surface area (Å²) in [7, 11) is 1.69. The zero-order valence-electron chi connectivity index (χ0n) is 11.2. The lowest BCUT2D eigenvalue weighted by Crippen LogP contribution is -2.40. The molecule has 0 bridgehead atoms. The molecular weight excluding hydrogens is 218 g/mol. The Morgan fingerprint density at radius 3 is 2.94 bits per heavy atom. The Morgan fingerprint density at radius 2 is 2.18 bits per heavy atom. The largest absolute Gasteiger partial charge is 0.382 e. The van der Waals surface area contributed by atoms with Crippen LogP contribution in [0, 0.1) is 0 Å². The van der Waals surface area contributed by atoms with E-state index in [0.717, 1.165) is 32.6 Å². The van der Waals surface area contributed by atoms with Crippen molar-refractivity contribution in [2.45, 2.75) is 44.8 Å². The highest BCUT2D eigenvalue weighted by atomic mass is 16.5. The van der Waals surface area contributed by atoms with Crippen molar-refractivity contribution in [2.24, 2.45) is 0 Å².